The lowest BCUT2D eigenvalue weighted by Crippen LogP contribution is -2.44. The van der Waals surface area contributed by atoms with Crippen molar-refractivity contribution in [2.24, 2.45) is 0 Å². The number of thiocarbonyl (C=S) groups is 1. The van der Waals surface area contributed by atoms with Crippen molar-refractivity contribution in [3.8, 4) is 0 Å². The van der Waals surface area contributed by atoms with Crippen molar-refractivity contribution in [1.82, 2.24) is 4.90 Å². The van der Waals surface area contributed by atoms with Crippen LogP contribution in [0.2, 0.25) is 0 Å². The molecular formula is C14H16N2O4S. The maximum atomic E-state index is 12.0. The molecule has 1 heterocycles. The second kappa shape index (κ2) is 7.14. The van der Waals surface area contributed by atoms with Crippen molar-refractivity contribution in [1.29, 1.82) is 0 Å². The van der Waals surface area contributed by atoms with Gasteiger partial charge in [-0.05, 0) is 17.7 Å². The van der Waals surface area contributed by atoms with E-state index in [4.69, 9.17) is 22.1 Å². The minimum Gasteiger partial charge on any atom is -0.481 e. The summed E-state index contributed by atoms with van der Waals surface area (Å²) in [6, 6.07) is 6.67. The molecule has 0 atom stereocenters. The van der Waals surface area contributed by atoms with E-state index in [1.807, 2.05) is 4.90 Å². The molecule has 21 heavy (non-hydrogen) atoms. The van der Waals surface area contributed by atoms with Crippen molar-refractivity contribution in [2.45, 2.75) is 6.42 Å². The highest BCUT2D eigenvalue weighted by Crippen LogP contribution is 2.11. The topological polar surface area (TPSA) is 78.9 Å². The van der Waals surface area contributed by atoms with E-state index in [1.54, 1.807) is 24.3 Å². The number of amides is 1. The summed E-state index contributed by atoms with van der Waals surface area (Å²) >= 11 is 5.16. The molecule has 1 aliphatic heterocycles. The summed E-state index contributed by atoms with van der Waals surface area (Å²) in [5.41, 5.74) is 1.26. The molecule has 0 unspecified atom stereocenters. The van der Waals surface area contributed by atoms with E-state index in [2.05, 4.69) is 5.32 Å². The van der Waals surface area contributed by atoms with E-state index in [0.717, 1.165) is 0 Å². The number of aliphatic carboxylic acids is 1. The van der Waals surface area contributed by atoms with Gasteiger partial charge in [0.25, 0.3) is 5.91 Å². The van der Waals surface area contributed by atoms with E-state index in [1.165, 1.54) is 0 Å². The van der Waals surface area contributed by atoms with Gasteiger partial charge in [-0.3, -0.25) is 9.59 Å². The fourth-order valence-electron chi connectivity index (χ4n) is 1.98. The molecule has 1 aromatic carbocycles. The molecular weight excluding hydrogens is 292 g/mol. The average molecular weight is 308 g/mol. The fourth-order valence-corrected chi connectivity index (χ4v) is 2.21. The largest absolute Gasteiger partial charge is 0.481 e. The molecule has 6 nitrogen and oxygen atoms in total. The highest BCUT2D eigenvalue weighted by molar-refractivity contribution is 7.82. The van der Waals surface area contributed by atoms with Crippen LogP contribution in [0.3, 0.4) is 0 Å². The number of hydrogen-bond acceptors (Lipinski definition) is 4. The van der Waals surface area contributed by atoms with Gasteiger partial charge in [0.2, 0.25) is 0 Å². The molecule has 1 aliphatic rings. The van der Waals surface area contributed by atoms with Gasteiger partial charge in [0, 0.05) is 18.8 Å². The summed E-state index contributed by atoms with van der Waals surface area (Å²) in [7, 11) is 0. The number of rotatable bonds is 3. The van der Waals surface area contributed by atoms with Crippen LogP contribution < -0.4 is 5.32 Å². The van der Waals surface area contributed by atoms with Gasteiger partial charge in [-0.1, -0.05) is 24.4 Å². The van der Waals surface area contributed by atoms with Gasteiger partial charge in [0.15, 0.2) is 4.99 Å². The first-order valence-corrected chi connectivity index (χ1v) is 6.96. The van der Waals surface area contributed by atoms with Crippen LogP contribution in [0.4, 0.5) is 5.69 Å². The molecule has 1 aromatic rings. The van der Waals surface area contributed by atoms with Gasteiger partial charge in [-0.25, -0.2) is 0 Å². The first kappa shape index (κ1) is 15.4. The molecule has 7 heteroatoms. The molecule has 1 saturated heterocycles. The Kier molecular flexibility index (Phi) is 5.24. The summed E-state index contributed by atoms with van der Waals surface area (Å²) < 4.78 is 5.21. The Bertz CT molecular complexity index is 538. The van der Waals surface area contributed by atoms with Crippen LogP contribution in [0, 0.1) is 0 Å². The highest BCUT2D eigenvalue weighted by Gasteiger charge is 2.19. The van der Waals surface area contributed by atoms with Gasteiger partial charge in [0.1, 0.15) is 0 Å². The Balaban J connectivity index is 1.92. The van der Waals surface area contributed by atoms with E-state index in [0.29, 0.717) is 37.6 Å². The third-order valence-corrected chi connectivity index (χ3v) is 3.50. The van der Waals surface area contributed by atoms with Crippen molar-refractivity contribution in [2.75, 3.05) is 31.6 Å². The molecule has 112 valence electrons. The SMILES string of the molecule is O=C(O)Cc1ccc(NC(=O)C(=S)N2CCOCC2)cc1. The van der Waals surface area contributed by atoms with Crippen LogP contribution >= 0.6 is 12.2 Å². The Hall–Kier alpha value is -1.99. The van der Waals surface area contributed by atoms with Crippen molar-refractivity contribution < 1.29 is 19.4 Å². The van der Waals surface area contributed by atoms with E-state index < -0.39 is 5.97 Å². The first-order chi connectivity index (χ1) is 10.1. The molecule has 0 aliphatic carbocycles. The third kappa shape index (κ3) is 4.51. The fraction of sp³-hybridized carbons (Fsp3) is 0.357. The summed E-state index contributed by atoms with van der Waals surface area (Å²) in [5, 5.41) is 11.4. The number of nitrogens with zero attached hydrogens (tertiary/aromatic N) is 1. The molecule has 0 radical (unpaired) electrons. The quantitative estimate of drug-likeness (QED) is 0.808. The molecule has 1 fully saturated rings. The number of carboxylic acids is 1. The van der Waals surface area contributed by atoms with Gasteiger partial charge in [-0.2, -0.15) is 0 Å². The van der Waals surface area contributed by atoms with Crippen LogP contribution in [0.15, 0.2) is 24.3 Å². The summed E-state index contributed by atoms with van der Waals surface area (Å²) in [5.74, 6) is -1.22. The van der Waals surface area contributed by atoms with Crippen LogP contribution in [-0.2, 0) is 20.7 Å². The van der Waals surface area contributed by atoms with Crippen LogP contribution in [0.25, 0.3) is 0 Å². The zero-order valence-electron chi connectivity index (χ0n) is 11.4. The molecule has 0 saturated carbocycles. The van der Waals surface area contributed by atoms with Gasteiger partial charge < -0.3 is 20.1 Å². The Morgan fingerprint density at radius 1 is 1.24 bits per heavy atom. The molecule has 0 spiro atoms. The lowest BCUT2D eigenvalue weighted by molar-refractivity contribution is -0.136. The zero-order chi connectivity index (χ0) is 15.2. The van der Waals surface area contributed by atoms with Crippen LogP contribution in [-0.4, -0.2) is 53.2 Å². The van der Waals surface area contributed by atoms with Crippen LogP contribution in [0.5, 0.6) is 0 Å². The van der Waals surface area contributed by atoms with Crippen molar-refractivity contribution >= 4 is 34.8 Å². The Labute approximate surface area is 127 Å². The maximum Gasteiger partial charge on any atom is 0.307 e. The molecule has 0 bridgehead atoms. The standard InChI is InChI=1S/C14H16N2O4S/c17-12(18)9-10-1-3-11(4-2-10)15-13(19)14(21)16-5-7-20-8-6-16/h1-4H,5-9H2,(H,15,19)(H,17,18). The van der Waals surface area contributed by atoms with Crippen molar-refractivity contribution in [3.05, 3.63) is 29.8 Å². The number of anilines is 1. The normalized spacial score (nSPS) is 14.6. The zero-order valence-corrected chi connectivity index (χ0v) is 12.2. The van der Waals surface area contributed by atoms with Crippen LogP contribution in [0.1, 0.15) is 5.56 Å². The number of carboxylic acid groups (broad SMARTS) is 1. The second-order valence-electron chi connectivity index (χ2n) is 4.63. The number of morpholine rings is 1. The monoisotopic (exact) mass is 308 g/mol. The van der Waals surface area contributed by atoms with Gasteiger partial charge in [0.05, 0.1) is 19.6 Å². The van der Waals surface area contributed by atoms with E-state index >= 15 is 0 Å². The molecule has 2 N–H and O–H groups in total. The highest BCUT2D eigenvalue weighted by atomic mass is 32.1. The molecule has 0 aromatic heterocycles. The second-order valence-corrected chi connectivity index (χ2v) is 5.01. The Morgan fingerprint density at radius 2 is 1.86 bits per heavy atom. The van der Waals surface area contributed by atoms with E-state index in [9.17, 15) is 9.59 Å². The van der Waals surface area contributed by atoms with E-state index in [-0.39, 0.29) is 17.3 Å². The smallest absolute Gasteiger partial charge is 0.307 e. The van der Waals surface area contributed by atoms with Gasteiger partial charge in [-0.15, -0.1) is 0 Å². The number of ether oxygens (including phenoxy) is 1. The van der Waals surface area contributed by atoms with Gasteiger partial charge >= 0.3 is 5.97 Å². The predicted octanol–water partition coefficient (Wildman–Crippen LogP) is 0.912. The third-order valence-electron chi connectivity index (χ3n) is 3.06. The summed E-state index contributed by atoms with van der Waals surface area (Å²) in [4.78, 5) is 24.7. The average Bonchev–Trinajstić information content (AvgIpc) is 2.49. The number of carbonyl (C=O) groups excluding carboxylic acids is 1. The van der Waals surface area contributed by atoms with Crippen molar-refractivity contribution in [3.63, 3.8) is 0 Å². The minimum absolute atomic E-state index is 0.0413. The number of nitrogens with one attached hydrogen (secondary N) is 1. The first-order valence-electron chi connectivity index (χ1n) is 6.55. The predicted molar refractivity (Wildman–Crippen MR) is 81.4 cm³/mol. The number of carbonyl (C=O) groups is 2. The summed E-state index contributed by atoms with van der Waals surface area (Å²) in [6.45, 7) is 2.36. The lowest BCUT2D eigenvalue weighted by atomic mass is 10.1. The summed E-state index contributed by atoms with van der Waals surface area (Å²) in [6.07, 6.45) is -0.0413. The number of hydrogen-bond donors (Lipinski definition) is 2. The number of benzene rings is 1. The Morgan fingerprint density at radius 3 is 2.43 bits per heavy atom. The minimum atomic E-state index is -0.889. The molecule has 1 amide bonds. The molecule has 2 rings (SSSR count). The maximum absolute atomic E-state index is 12.0. The lowest BCUT2D eigenvalue weighted by Gasteiger charge is -2.28.